The van der Waals surface area contributed by atoms with Crippen LogP contribution < -0.4 is 30.4 Å². The van der Waals surface area contributed by atoms with Crippen molar-refractivity contribution in [1.29, 1.82) is 0 Å². The van der Waals surface area contributed by atoms with Gasteiger partial charge in [-0.15, -0.1) is 0 Å². The van der Waals surface area contributed by atoms with E-state index in [4.69, 9.17) is 4.74 Å². The zero-order chi connectivity index (χ0) is 45.2. The monoisotopic (exact) mass is 897 g/mol. The quantitative estimate of drug-likeness (QED) is 0.152. The lowest BCUT2D eigenvalue weighted by atomic mass is 9.60. The Morgan fingerprint density at radius 2 is 1.06 bits per heavy atom. The summed E-state index contributed by atoms with van der Waals surface area (Å²) in [5, 5.41) is 5.93. The summed E-state index contributed by atoms with van der Waals surface area (Å²) in [5.74, 6) is 1.13. The molecule has 0 aromatic heterocycles. The van der Waals surface area contributed by atoms with Crippen molar-refractivity contribution >= 4 is 57.6 Å². The lowest BCUT2D eigenvalue weighted by molar-refractivity contribution is 0.269. The van der Waals surface area contributed by atoms with E-state index in [1.54, 1.807) is 0 Å². The zero-order valence-corrected chi connectivity index (χ0v) is 40.6. The molecule has 0 fully saturated rings. The third-order valence-electron chi connectivity index (χ3n) is 16.0. The molecule has 6 aliphatic rings. The number of para-hydroxylation sites is 1. The minimum atomic E-state index is -2.74. The first kappa shape index (κ1) is 39.6. The van der Waals surface area contributed by atoms with Gasteiger partial charge in [0.2, 0.25) is 0 Å². The van der Waals surface area contributed by atoms with Crippen LogP contribution in [0.5, 0.6) is 5.75 Å². The van der Waals surface area contributed by atoms with Crippen LogP contribution in [0, 0.1) is 0 Å². The minimum absolute atomic E-state index is 0.0494. The van der Waals surface area contributed by atoms with Crippen LogP contribution >= 0.6 is 11.8 Å². The number of allylic oxidation sites excluding steroid dienone is 2. The molecule has 4 heteroatoms. The van der Waals surface area contributed by atoms with Gasteiger partial charge in [-0.05, 0) is 124 Å². The minimum Gasteiger partial charge on any atom is -0.483 e. The molecule has 1 aliphatic carbocycles. The lowest BCUT2D eigenvalue weighted by Gasteiger charge is -2.50. The fraction of sp³-hybridized carbons (Fsp3) is 0.175. The average molecular weight is 898 g/mol. The molecule has 324 valence electrons. The van der Waals surface area contributed by atoms with Crippen LogP contribution in [0.25, 0.3) is 22.3 Å². The molecule has 2 unspecified atom stereocenters. The van der Waals surface area contributed by atoms with E-state index in [-0.39, 0.29) is 22.9 Å². The van der Waals surface area contributed by atoms with Crippen molar-refractivity contribution in [1.82, 2.24) is 0 Å². The zero-order valence-electron chi connectivity index (χ0n) is 38.8. The second-order valence-corrected chi connectivity index (χ2v) is 26.2. The highest BCUT2D eigenvalue weighted by Gasteiger charge is 2.56. The Morgan fingerprint density at radius 3 is 1.67 bits per heavy atom. The molecule has 14 rings (SSSR count). The first-order valence-electron chi connectivity index (χ1n) is 24.0. The maximum Gasteiger partial charge on any atom is 0.182 e. The number of fused-ring (bicyclic) bond motifs is 22. The van der Waals surface area contributed by atoms with Gasteiger partial charge in [-0.1, -0.05) is 205 Å². The van der Waals surface area contributed by atoms with Crippen LogP contribution in [0.1, 0.15) is 86.4 Å². The van der Waals surface area contributed by atoms with Gasteiger partial charge in [0.1, 0.15) is 11.9 Å². The Bertz CT molecular complexity index is 3420. The molecule has 2 nitrogen and oxygen atoms in total. The molecular weight excluding hydrogens is 847 g/mol. The molecule has 0 amide bonds. The van der Waals surface area contributed by atoms with Crippen LogP contribution in [0.15, 0.2) is 198 Å². The Hall–Kier alpha value is -6.59. The predicted molar refractivity (Wildman–Crippen MR) is 282 cm³/mol. The summed E-state index contributed by atoms with van der Waals surface area (Å²) >= 11 is 1.93. The van der Waals surface area contributed by atoms with Gasteiger partial charge in [-0.2, -0.15) is 0 Å². The largest absolute Gasteiger partial charge is 0.483 e. The van der Waals surface area contributed by atoms with Crippen molar-refractivity contribution in [3.8, 4) is 28.0 Å². The topological polar surface area (TPSA) is 12.5 Å². The van der Waals surface area contributed by atoms with Crippen molar-refractivity contribution in [3.05, 3.63) is 227 Å². The Morgan fingerprint density at radius 1 is 0.507 bits per heavy atom. The molecule has 5 aliphatic heterocycles. The van der Waals surface area contributed by atoms with Crippen LogP contribution in [-0.2, 0) is 16.2 Å². The van der Waals surface area contributed by atoms with Crippen LogP contribution in [0.3, 0.4) is 0 Å². The molecule has 0 N–H and O–H groups in total. The van der Waals surface area contributed by atoms with Gasteiger partial charge >= 0.3 is 0 Å². The standard InChI is InChI=1S/C63H51NOSSi/c1-61(2,3)38-27-33-53-49(35-38)63(50-36-39(62(4,5)6)28-34-54(50)66-53)47-21-11-12-22-51(47)64(59-48(63)32-31-46-41-17-7-13-23-52(41)65-60(46)59)40-29-30-45-44-20-10-16-26-57(44)67(58(45)37-40)55-24-14-8-18-42(55)43-19-9-15-25-56(43)67/h7-37,41,52H,1-6H3. The summed E-state index contributed by atoms with van der Waals surface area (Å²) in [7, 11) is -2.74. The highest BCUT2D eigenvalue weighted by Crippen LogP contribution is 2.66. The van der Waals surface area contributed by atoms with E-state index in [1.807, 2.05) is 11.8 Å². The van der Waals surface area contributed by atoms with Crippen LogP contribution in [0.4, 0.5) is 17.1 Å². The molecule has 5 heterocycles. The molecule has 0 radical (unpaired) electrons. The van der Waals surface area contributed by atoms with Crippen LogP contribution in [-0.4, -0.2) is 14.2 Å². The molecule has 67 heavy (non-hydrogen) atoms. The Labute approximate surface area is 399 Å². The summed E-state index contributed by atoms with van der Waals surface area (Å²) in [6.45, 7) is 14.1. The van der Waals surface area contributed by atoms with Crippen molar-refractivity contribution in [2.75, 3.05) is 4.90 Å². The Kier molecular flexibility index (Phi) is 7.99. The summed E-state index contributed by atoms with van der Waals surface area (Å²) in [5.41, 5.74) is 17.4. The number of hydrogen-bond acceptors (Lipinski definition) is 3. The lowest BCUT2D eigenvalue weighted by Crippen LogP contribution is -2.70. The number of hydrogen-bond donors (Lipinski definition) is 0. The molecule has 0 saturated carbocycles. The van der Waals surface area contributed by atoms with Gasteiger partial charge in [-0.25, -0.2) is 0 Å². The molecule has 2 spiro atoms. The summed E-state index contributed by atoms with van der Waals surface area (Å²) in [6.07, 6.45) is 8.86. The fourth-order valence-corrected chi connectivity index (χ4v) is 19.7. The number of ether oxygens (including phenoxy) is 1. The van der Waals surface area contributed by atoms with E-state index in [2.05, 4.69) is 235 Å². The van der Waals surface area contributed by atoms with E-state index < -0.39 is 13.5 Å². The number of rotatable bonds is 1. The first-order chi connectivity index (χ1) is 32.5. The van der Waals surface area contributed by atoms with Gasteiger partial charge in [0.25, 0.3) is 0 Å². The fourth-order valence-electron chi connectivity index (χ4n) is 13.0. The van der Waals surface area contributed by atoms with Gasteiger partial charge in [-0.3, -0.25) is 0 Å². The number of benzene rings is 8. The maximum absolute atomic E-state index is 7.40. The third-order valence-corrected chi connectivity index (χ3v) is 22.1. The van der Waals surface area contributed by atoms with Gasteiger partial charge in [0, 0.05) is 27.0 Å². The normalized spacial score (nSPS) is 18.7. The summed E-state index contributed by atoms with van der Waals surface area (Å²) in [6, 6.07) is 64.2. The van der Waals surface area contributed by atoms with E-state index in [9.17, 15) is 0 Å². The first-order valence-corrected chi connectivity index (χ1v) is 26.8. The third kappa shape index (κ3) is 5.08. The van der Waals surface area contributed by atoms with E-state index in [0.717, 1.165) is 11.4 Å². The summed E-state index contributed by atoms with van der Waals surface area (Å²) in [4.78, 5) is 5.22. The smallest absolute Gasteiger partial charge is 0.182 e. The van der Waals surface area contributed by atoms with Crippen molar-refractivity contribution < 1.29 is 4.74 Å². The molecule has 2 atom stereocenters. The molecule has 0 saturated heterocycles. The molecular formula is C63H51NOSSi. The van der Waals surface area contributed by atoms with Crippen molar-refractivity contribution in [2.24, 2.45) is 0 Å². The highest BCUT2D eigenvalue weighted by molar-refractivity contribution is 7.99. The number of nitrogens with zero attached hydrogens (tertiary/aromatic N) is 1. The average Bonchev–Trinajstić information content (AvgIpc) is 3.97. The van der Waals surface area contributed by atoms with Gasteiger partial charge < -0.3 is 9.64 Å². The van der Waals surface area contributed by atoms with Crippen molar-refractivity contribution in [2.45, 2.75) is 79.6 Å². The SMILES string of the molecule is CC(C)(C)c1ccc2c(c1)C1(c3cc(C(C)(C)C)ccc3S2)c2ccccc2N(c2ccc3c(c2)[Si]2(c4ccccc4-c4ccccc42)c2ccccc2-3)c2c1ccc1c2OC2C=CC=CC12. The molecule has 8 aromatic carbocycles. The summed E-state index contributed by atoms with van der Waals surface area (Å²) < 4.78 is 7.40. The highest BCUT2D eigenvalue weighted by atomic mass is 32.2. The maximum atomic E-state index is 7.40. The number of anilines is 3. The van der Waals surface area contributed by atoms with E-state index >= 15 is 0 Å². The second-order valence-electron chi connectivity index (χ2n) is 21.5. The van der Waals surface area contributed by atoms with E-state index in [1.165, 1.54) is 103 Å². The van der Waals surface area contributed by atoms with Crippen LogP contribution in [0.2, 0.25) is 0 Å². The van der Waals surface area contributed by atoms with Crippen molar-refractivity contribution in [3.63, 3.8) is 0 Å². The predicted octanol–water partition coefficient (Wildman–Crippen LogP) is 13.2. The second kappa shape index (κ2) is 13.5. The Balaban J connectivity index is 1.11. The van der Waals surface area contributed by atoms with Gasteiger partial charge in [0.15, 0.2) is 8.07 Å². The van der Waals surface area contributed by atoms with E-state index in [0.29, 0.717) is 0 Å². The molecule has 0 bridgehead atoms. The van der Waals surface area contributed by atoms with Gasteiger partial charge in [0.05, 0.1) is 16.8 Å². The molecule has 8 aromatic rings.